The molecule has 4 N–H and O–H groups in total. The molecule has 11 heteroatoms. The Bertz CT molecular complexity index is 1070. The first kappa shape index (κ1) is 32.9. The number of aliphatic hydroxyl groups is 2. The Balaban J connectivity index is 0.000000220. The Labute approximate surface area is 256 Å². The van der Waals surface area contributed by atoms with Gasteiger partial charge in [0.25, 0.3) is 0 Å². The monoisotopic (exact) mass is 631 g/mol. The maximum atomic E-state index is 12.3. The zero-order valence-electron chi connectivity index (χ0n) is 22.5. The summed E-state index contributed by atoms with van der Waals surface area (Å²) in [5.41, 5.74) is 7.34. The molecule has 4 rings (SSSR count). The van der Waals surface area contributed by atoms with Crippen LogP contribution in [0.2, 0.25) is 20.1 Å². The fourth-order valence-corrected chi connectivity index (χ4v) is 4.97. The maximum absolute atomic E-state index is 12.3. The number of rotatable bonds is 12. The fraction of sp³-hybridized carbons (Fsp3) is 0.517. The standard InChI is InChI=1S/C15H19Cl2NO2.C14H18Cl2N2O2/c1-10(9-19)7-14(20)18(12-5-6-12)8-11-3-2-4-13(16)15(11)17;15-12-3-1-2-9(14(12)16)7-18(11-4-5-11)13(20)6-10(17)8-19/h2-4,10,12,19H,5-9H2,1H3;1-3,10-11,19H,4-8,17H2/t2*10-/m00/s1. The third kappa shape index (κ3) is 9.76. The summed E-state index contributed by atoms with van der Waals surface area (Å²) in [6.45, 7) is 2.63. The fourth-order valence-electron chi connectivity index (χ4n) is 4.21. The van der Waals surface area contributed by atoms with Crippen molar-refractivity contribution in [1.29, 1.82) is 0 Å². The molecule has 0 radical (unpaired) electrons. The number of nitrogens with zero attached hydrogens (tertiary/aromatic N) is 2. The second kappa shape index (κ2) is 15.6. The molecular formula is C29H37Cl4N3O4. The minimum atomic E-state index is -0.515. The summed E-state index contributed by atoms with van der Waals surface area (Å²) in [5, 5.41) is 20.0. The van der Waals surface area contributed by atoms with Crippen LogP contribution in [0.15, 0.2) is 36.4 Å². The zero-order valence-corrected chi connectivity index (χ0v) is 25.6. The van der Waals surface area contributed by atoms with Gasteiger partial charge in [-0.2, -0.15) is 0 Å². The molecule has 0 saturated heterocycles. The van der Waals surface area contributed by atoms with Crippen molar-refractivity contribution in [2.75, 3.05) is 13.2 Å². The van der Waals surface area contributed by atoms with Crippen LogP contribution in [0.4, 0.5) is 0 Å². The molecular weight excluding hydrogens is 596 g/mol. The minimum absolute atomic E-state index is 0.0152. The summed E-state index contributed by atoms with van der Waals surface area (Å²) < 4.78 is 0. The number of halogens is 4. The highest BCUT2D eigenvalue weighted by Crippen LogP contribution is 2.34. The molecule has 0 spiro atoms. The number of hydrogen-bond acceptors (Lipinski definition) is 5. The first-order valence-electron chi connectivity index (χ1n) is 13.5. The van der Waals surface area contributed by atoms with Crippen molar-refractivity contribution in [3.8, 4) is 0 Å². The van der Waals surface area contributed by atoms with E-state index < -0.39 is 6.04 Å². The quantitative estimate of drug-likeness (QED) is 0.278. The molecule has 2 saturated carbocycles. The van der Waals surface area contributed by atoms with Crippen LogP contribution >= 0.6 is 46.4 Å². The van der Waals surface area contributed by atoms with Crippen molar-refractivity contribution in [2.45, 2.75) is 76.7 Å². The third-order valence-electron chi connectivity index (χ3n) is 6.87. The highest BCUT2D eigenvalue weighted by molar-refractivity contribution is 6.43. The van der Waals surface area contributed by atoms with E-state index >= 15 is 0 Å². The van der Waals surface area contributed by atoms with Crippen molar-refractivity contribution >= 4 is 58.2 Å². The van der Waals surface area contributed by atoms with E-state index in [1.54, 1.807) is 17.0 Å². The Hall–Kier alpha value is -1.58. The first-order valence-corrected chi connectivity index (χ1v) is 15.0. The molecule has 2 aromatic rings. The molecule has 2 aliphatic rings. The second-order valence-electron chi connectivity index (χ2n) is 10.6. The second-order valence-corrected chi connectivity index (χ2v) is 12.1. The van der Waals surface area contributed by atoms with Crippen molar-refractivity contribution < 1.29 is 19.8 Å². The van der Waals surface area contributed by atoms with Gasteiger partial charge in [-0.3, -0.25) is 9.59 Å². The first-order chi connectivity index (χ1) is 19.0. The number of benzene rings is 2. The van der Waals surface area contributed by atoms with Gasteiger partial charge in [-0.25, -0.2) is 0 Å². The molecule has 0 aromatic heterocycles. The van der Waals surface area contributed by atoms with E-state index in [2.05, 4.69) is 0 Å². The maximum Gasteiger partial charge on any atom is 0.224 e. The molecule has 2 atom stereocenters. The van der Waals surface area contributed by atoms with Gasteiger partial charge in [-0.1, -0.05) is 77.6 Å². The highest BCUT2D eigenvalue weighted by atomic mass is 35.5. The molecule has 2 fully saturated rings. The number of carbonyl (C=O) groups is 2. The van der Waals surface area contributed by atoms with Gasteiger partial charge in [0.15, 0.2) is 0 Å². The lowest BCUT2D eigenvalue weighted by atomic mass is 10.1. The summed E-state index contributed by atoms with van der Waals surface area (Å²) in [4.78, 5) is 28.2. The molecule has 0 aliphatic heterocycles. The van der Waals surface area contributed by atoms with Gasteiger partial charge in [-0.15, -0.1) is 0 Å². The van der Waals surface area contributed by atoms with Crippen LogP contribution < -0.4 is 5.73 Å². The van der Waals surface area contributed by atoms with Crippen molar-refractivity contribution in [1.82, 2.24) is 9.80 Å². The molecule has 0 bridgehead atoms. The van der Waals surface area contributed by atoms with Crippen molar-refractivity contribution in [3.05, 3.63) is 67.6 Å². The lowest BCUT2D eigenvalue weighted by molar-refractivity contribution is -0.134. The predicted octanol–water partition coefficient (Wildman–Crippen LogP) is 5.70. The normalized spacial score (nSPS) is 16.0. The molecule has 220 valence electrons. The molecule has 0 unspecified atom stereocenters. The van der Waals surface area contributed by atoms with Crippen LogP contribution in [-0.4, -0.2) is 63.2 Å². The lowest BCUT2D eigenvalue weighted by Crippen LogP contribution is -2.38. The van der Waals surface area contributed by atoms with Crippen LogP contribution in [-0.2, 0) is 22.7 Å². The van der Waals surface area contributed by atoms with E-state index in [-0.39, 0.29) is 43.4 Å². The van der Waals surface area contributed by atoms with Crippen LogP contribution in [0, 0.1) is 5.92 Å². The van der Waals surface area contributed by atoms with Crippen LogP contribution in [0.1, 0.15) is 56.6 Å². The average Bonchev–Trinajstić information content (AvgIpc) is 3.85. The number of aliphatic hydroxyl groups excluding tert-OH is 2. The summed E-state index contributed by atoms with van der Waals surface area (Å²) >= 11 is 24.4. The number of carbonyl (C=O) groups excluding carboxylic acids is 2. The summed E-state index contributed by atoms with van der Waals surface area (Å²) in [6, 6.07) is 10.9. The topological polar surface area (TPSA) is 107 Å². The molecule has 2 amide bonds. The van der Waals surface area contributed by atoms with E-state index in [0.717, 1.165) is 36.8 Å². The summed E-state index contributed by atoms with van der Waals surface area (Å²) in [6.07, 6.45) is 4.59. The lowest BCUT2D eigenvalue weighted by Gasteiger charge is -2.24. The van der Waals surface area contributed by atoms with E-state index in [1.165, 1.54) is 0 Å². The molecule has 7 nitrogen and oxygen atoms in total. The molecule has 2 aliphatic carbocycles. The Morgan fingerprint density at radius 3 is 1.60 bits per heavy atom. The summed E-state index contributed by atoms with van der Waals surface area (Å²) in [7, 11) is 0. The van der Waals surface area contributed by atoms with Crippen molar-refractivity contribution in [2.24, 2.45) is 11.7 Å². The largest absolute Gasteiger partial charge is 0.396 e. The van der Waals surface area contributed by atoms with Crippen molar-refractivity contribution in [3.63, 3.8) is 0 Å². The Kier molecular flexibility index (Phi) is 12.8. The number of nitrogens with two attached hydrogens (primary N) is 1. The van der Waals surface area contributed by atoms with E-state index in [9.17, 15) is 9.59 Å². The van der Waals surface area contributed by atoms with Gasteiger partial charge in [0.2, 0.25) is 11.8 Å². The van der Waals surface area contributed by atoms with Crippen LogP contribution in [0.5, 0.6) is 0 Å². The molecule has 40 heavy (non-hydrogen) atoms. The van der Waals surface area contributed by atoms with Gasteiger partial charge in [0.1, 0.15) is 0 Å². The van der Waals surface area contributed by atoms with E-state index in [1.807, 2.05) is 36.1 Å². The van der Waals surface area contributed by atoms with E-state index in [4.69, 9.17) is 62.4 Å². The van der Waals surface area contributed by atoms with Gasteiger partial charge in [0, 0.05) is 50.7 Å². The van der Waals surface area contributed by atoms with Gasteiger partial charge in [0.05, 0.1) is 26.7 Å². The van der Waals surface area contributed by atoms with Gasteiger partial charge >= 0.3 is 0 Å². The summed E-state index contributed by atoms with van der Waals surface area (Å²) in [5.74, 6) is 0.00812. The van der Waals surface area contributed by atoms with Crippen LogP contribution in [0.3, 0.4) is 0 Å². The SMILES string of the molecule is C[C@H](CO)CC(=O)N(Cc1cccc(Cl)c1Cl)C1CC1.N[C@H](CO)CC(=O)N(Cc1cccc(Cl)c1Cl)C1CC1. The smallest absolute Gasteiger partial charge is 0.224 e. The molecule has 0 heterocycles. The van der Waals surface area contributed by atoms with Crippen LogP contribution in [0.25, 0.3) is 0 Å². The van der Waals surface area contributed by atoms with E-state index in [0.29, 0.717) is 45.6 Å². The van der Waals surface area contributed by atoms with Gasteiger partial charge < -0.3 is 25.7 Å². The molecule has 2 aromatic carbocycles. The zero-order chi connectivity index (χ0) is 29.4. The predicted molar refractivity (Wildman–Crippen MR) is 161 cm³/mol. The average molecular weight is 633 g/mol. The number of hydrogen-bond donors (Lipinski definition) is 3. The minimum Gasteiger partial charge on any atom is -0.396 e. The van der Waals surface area contributed by atoms with Gasteiger partial charge in [-0.05, 0) is 54.9 Å². The third-order valence-corrected chi connectivity index (χ3v) is 8.58. The highest BCUT2D eigenvalue weighted by Gasteiger charge is 2.34. The Morgan fingerprint density at radius 2 is 1.23 bits per heavy atom. The Morgan fingerprint density at radius 1 is 0.800 bits per heavy atom. The number of amides is 2.